The smallest absolute Gasteiger partial charge is 0.345 e. The molecule has 1 fully saturated rings. The first-order chi connectivity index (χ1) is 18.9. The average Bonchev–Trinajstić information content (AvgIpc) is 3.38. The first kappa shape index (κ1) is 30.9. The Bertz CT molecular complexity index is 1180. The van der Waals surface area contributed by atoms with E-state index in [2.05, 4.69) is 10.6 Å². The van der Waals surface area contributed by atoms with Crippen LogP contribution in [0.5, 0.6) is 0 Å². The van der Waals surface area contributed by atoms with Crippen LogP contribution in [0.4, 0.5) is 0 Å². The summed E-state index contributed by atoms with van der Waals surface area (Å²) in [4.78, 5) is 52.0. The number of aliphatic hydroxyl groups is 1. The lowest BCUT2D eigenvalue weighted by Crippen LogP contribution is -2.72. The first-order valence-corrected chi connectivity index (χ1v) is 13.7. The lowest BCUT2D eigenvalue weighted by molar-refractivity contribution is -0.904. The molecule has 216 valence electrons. The molecule has 10 heteroatoms. The second-order valence-corrected chi connectivity index (χ2v) is 11.5. The van der Waals surface area contributed by atoms with Crippen LogP contribution >= 0.6 is 0 Å². The summed E-state index contributed by atoms with van der Waals surface area (Å²) in [7, 11) is 0. The standard InChI is InChI=1S/C30H41N5O5/c1-30(2,3)35(16-10-15-24(35)27(32)38)29(40)26(37)22(17-20-11-6-4-7-12-20)34-28(39)23(18-25(31)36)33-19-21-13-8-5-9-14-21/h4-9,11-14,22-24,26,33,37H,10,15-19H2,1-3H3,(H4-,31,32,34,36,38,39)/p+1/t22-,23-,24-,26-,35?/m0/s1. The number of carbonyl (C=O) groups excluding carboxylic acids is 4. The van der Waals surface area contributed by atoms with Crippen LogP contribution in [0.1, 0.15) is 51.2 Å². The molecule has 5 atom stereocenters. The number of carbonyl (C=O) groups is 4. The second-order valence-electron chi connectivity index (χ2n) is 11.5. The van der Waals surface area contributed by atoms with E-state index >= 15 is 0 Å². The highest BCUT2D eigenvalue weighted by Gasteiger charge is 2.60. The van der Waals surface area contributed by atoms with Crippen molar-refractivity contribution in [1.82, 2.24) is 10.6 Å². The Balaban J connectivity index is 1.91. The zero-order valence-corrected chi connectivity index (χ0v) is 23.5. The molecule has 1 aliphatic rings. The van der Waals surface area contributed by atoms with Crippen LogP contribution in [0.2, 0.25) is 0 Å². The summed E-state index contributed by atoms with van der Waals surface area (Å²) >= 11 is 0. The van der Waals surface area contributed by atoms with Gasteiger partial charge in [-0.3, -0.25) is 14.4 Å². The minimum Gasteiger partial charge on any atom is -0.378 e. The Morgan fingerprint density at radius 2 is 1.55 bits per heavy atom. The molecular formula is C30H42N5O5+. The van der Waals surface area contributed by atoms with E-state index in [-0.39, 0.29) is 17.3 Å². The second kappa shape index (κ2) is 13.2. The van der Waals surface area contributed by atoms with Gasteiger partial charge >= 0.3 is 5.91 Å². The zero-order valence-electron chi connectivity index (χ0n) is 23.5. The molecule has 0 aliphatic carbocycles. The predicted octanol–water partition coefficient (Wildman–Crippen LogP) is 0.898. The van der Waals surface area contributed by atoms with E-state index in [1.54, 1.807) is 0 Å². The number of benzene rings is 2. The van der Waals surface area contributed by atoms with Gasteiger partial charge in [0.15, 0.2) is 12.1 Å². The van der Waals surface area contributed by atoms with E-state index in [1.165, 1.54) is 0 Å². The molecule has 0 radical (unpaired) electrons. The van der Waals surface area contributed by atoms with Crippen molar-refractivity contribution in [3.8, 4) is 0 Å². The van der Waals surface area contributed by atoms with Gasteiger partial charge in [-0.1, -0.05) is 60.7 Å². The molecule has 4 amide bonds. The summed E-state index contributed by atoms with van der Waals surface area (Å²) in [6.45, 7) is 6.20. The number of quaternary nitrogens is 1. The van der Waals surface area contributed by atoms with E-state index < -0.39 is 53.4 Å². The molecule has 0 bridgehead atoms. The van der Waals surface area contributed by atoms with Gasteiger partial charge in [-0.05, 0) is 38.3 Å². The fourth-order valence-corrected chi connectivity index (χ4v) is 5.76. The summed E-state index contributed by atoms with van der Waals surface area (Å²) in [5.74, 6) is -2.41. The third-order valence-corrected chi connectivity index (χ3v) is 7.82. The molecule has 0 aromatic heterocycles. The summed E-state index contributed by atoms with van der Waals surface area (Å²) in [5.41, 5.74) is 12.2. The molecule has 1 unspecified atom stereocenters. The molecule has 1 saturated heterocycles. The highest BCUT2D eigenvalue weighted by atomic mass is 16.3. The monoisotopic (exact) mass is 552 g/mol. The van der Waals surface area contributed by atoms with E-state index in [4.69, 9.17) is 11.5 Å². The van der Waals surface area contributed by atoms with Crippen LogP contribution in [-0.4, -0.2) is 69.5 Å². The molecule has 10 nitrogen and oxygen atoms in total. The molecular weight excluding hydrogens is 510 g/mol. The highest BCUT2D eigenvalue weighted by molar-refractivity contribution is 5.89. The Morgan fingerprint density at radius 3 is 2.08 bits per heavy atom. The van der Waals surface area contributed by atoms with Crippen molar-refractivity contribution in [3.05, 3.63) is 71.8 Å². The van der Waals surface area contributed by atoms with Crippen molar-refractivity contribution in [3.63, 3.8) is 0 Å². The molecule has 2 aromatic rings. The lowest BCUT2D eigenvalue weighted by atomic mass is 9.93. The molecule has 3 rings (SSSR count). The Kier molecular flexibility index (Phi) is 10.2. The van der Waals surface area contributed by atoms with Gasteiger partial charge in [-0.25, -0.2) is 9.28 Å². The largest absolute Gasteiger partial charge is 0.378 e. The normalized spacial score (nSPS) is 21.2. The van der Waals surface area contributed by atoms with Crippen LogP contribution in [0.15, 0.2) is 60.7 Å². The summed E-state index contributed by atoms with van der Waals surface area (Å²) in [5, 5.41) is 17.5. The Morgan fingerprint density at radius 1 is 0.975 bits per heavy atom. The molecule has 2 aromatic carbocycles. The molecule has 1 heterocycles. The summed E-state index contributed by atoms with van der Waals surface area (Å²) < 4.78 is -0.304. The fraction of sp³-hybridized carbons (Fsp3) is 0.467. The minimum absolute atomic E-state index is 0.146. The van der Waals surface area contributed by atoms with Crippen molar-refractivity contribution in [2.24, 2.45) is 11.5 Å². The minimum atomic E-state index is -1.65. The first-order valence-electron chi connectivity index (χ1n) is 13.7. The van der Waals surface area contributed by atoms with Crippen LogP contribution in [0.3, 0.4) is 0 Å². The summed E-state index contributed by atoms with van der Waals surface area (Å²) in [6.07, 6.45) is -0.737. The summed E-state index contributed by atoms with van der Waals surface area (Å²) in [6, 6.07) is 15.7. The van der Waals surface area contributed by atoms with Gasteiger partial charge in [0.25, 0.3) is 5.91 Å². The highest BCUT2D eigenvalue weighted by Crippen LogP contribution is 2.38. The zero-order chi connectivity index (χ0) is 29.5. The third kappa shape index (κ3) is 7.12. The van der Waals surface area contributed by atoms with Gasteiger partial charge in [0.2, 0.25) is 11.8 Å². The van der Waals surface area contributed by atoms with Gasteiger partial charge in [0.1, 0.15) is 0 Å². The van der Waals surface area contributed by atoms with Crippen LogP contribution in [0.25, 0.3) is 0 Å². The number of likely N-dealkylation sites (tertiary alicyclic amines) is 1. The van der Waals surface area contributed by atoms with Crippen molar-refractivity contribution in [2.75, 3.05) is 6.54 Å². The van der Waals surface area contributed by atoms with Gasteiger partial charge in [0, 0.05) is 19.4 Å². The maximum Gasteiger partial charge on any atom is 0.345 e. The van der Waals surface area contributed by atoms with Crippen molar-refractivity contribution in [2.45, 2.75) is 82.8 Å². The number of primary amides is 2. The quantitative estimate of drug-likeness (QED) is 0.246. The lowest BCUT2D eigenvalue weighted by Gasteiger charge is -2.47. The topological polar surface area (TPSA) is 165 Å². The van der Waals surface area contributed by atoms with E-state index in [1.807, 2.05) is 81.4 Å². The number of nitrogens with zero attached hydrogens (tertiary/aromatic N) is 1. The predicted molar refractivity (Wildman–Crippen MR) is 151 cm³/mol. The van der Waals surface area contributed by atoms with E-state index in [0.29, 0.717) is 25.9 Å². The Hall–Kier alpha value is -3.60. The third-order valence-electron chi connectivity index (χ3n) is 7.82. The number of nitrogens with two attached hydrogens (primary N) is 2. The van der Waals surface area contributed by atoms with E-state index in [0.717, 1.165) is 11.1 Å². The SMILES string of the molecule is CC(C)(C)[N+]1(C(=O)[C@@H](O)[C@H](Cc2ccccc2)NC(=O)[C@H](CC(N)=O)NCc2ccccc2)CCC[C@H]1C(N)=O. The molecule has 0 spiro atoms. The van der Waals surface area contributed by atoms with Gasteiger partial charge in [-0.2, -0.15) is 0 Å². The van der Waals surface area contributed by atoms with Crippen molar-refractivity contribution in [1.29, 1.82) is 0 Å². The average molecular weight is 553 g/mol. The molecule has 1 aliphatic heterocycles. The molecule has 40 heavy (non-hydrogen) atoms. The van der Waals surface area contributed by atoms with Gasteiger partial charge < -0.3 is 27.2 Å². The maximum atomic E-state index is 14.2. The van der Waals surface area contributed by atoms with Crippen LogP contribution in [-0.2, 0) is 32.1 Å². The van der Waals surface area contributed by atoms with Crippen LogP contribution < -0.4 is 22.1 Å². The molecule has 7 N–H and O–H groups in total. The number of amides is 4. The number of hydrogen-bond donors (Lipinski definition) is 5. The van der Waals surface area contributed by atoms with Crippen molar-refractivity contribution < 1.29 is 28.8 Å². The number of nitrogens with one attached hydrogen (secondary N) is 2. The molecule has 0 saturated carbocycles. The maximum absolute atomic E-state index is 14.2. The van der Waals surface area contributed by atoms with E-state index in [9.17, 15) is 24.3 Å². The van der Waals surface area contributed by atoms with Crippen molar-refractivity contribution >= 4 is 23.6 Å². The van der Waals surface area contributed by atoms with Gasteiger partial charge in [-0.15, -0.1) is 0 Å². The number of aliphatic hydroxyl groups excluding tert-OH is 1. The number of rotatable bonds is 12. The van der Waals surface area contributed by atoms with Crippen LogP contribution in [0, 0.1) is 0 Å². The number of hydrogen-bond acceptors (Lipinski definition) is 6. The Labute approximate surface area is 235 Å². The fourth-order valence-electron chi connectivity index (χ4n) is 5.76. The van der Waals surface area contributed by atoms with Gasteiger partial charge in [0.05, 0.1) is 30.6 Å².